The lowest BCUT2D eigenvalue weighted by Gasteiger charge is -2.09. The average molecular weight is 404 g/mol. The van der Waals surface area contributed by atoms with E-state index in [1.54, 1.807) is 6.92 Å². The van der Waals surface area contributed by atoms with E-state index in [0.717, 1.165) is 0 Å². The Balaban J connectivity index is 3.28. The first-order valence-electron chi connectivity index (χ1n) is 5.00. The Hall–Kier alpha value is -0.410. The van der Waals surface area contributed by atoms with Crippen LogP contribution in [0, 0.1) is 19.6 Å². The van der Waals surface area contributed by atoms with Crippen LogP contribution in [0.25, 0.3) is 0 Å². The van der Waals surface area contributed by atoms with Crippen LogP contribution >= 0.6 is 34.2 Å². The molecule has 0 spiro atoms. The average Bonchev–Trinajstić information content (AvgIpc) is 2.27. The Bertz CT molecular complexity index is 561. The second-order valence-corrected chi connectivity index (χ2v) is 7.47. The van der Waals surface area contributed by atoms with Crippen molar-refractivity contribution in [2.45, 2.75) is 11.8 Å². The highest BCUT2D eigenvalue weighted by molar-refractivity contribution is 14.1. The Morgan fingerprint density at radius 1 is 1.50 bits per heavy atom. The van der Waals surface area contributed by atoms with Gasteiger partial charge in [0.2, 0.25) is 0 Å². The van der Waals surface area contributed by atoms with Crippen LogP contribution in [0.1, 0.15) is 6.92 Å². The predicted octanol–water partition coefficient (Wildman–Crippen LogP) is 2.85. The minimum absolute atomic E-state index is 0.192. The van der Waals surface area contributed by atoms with E-state index in [4.69, 9.17) is 11.6 Å². The van der Waals surface area contributed by atoms with Gasteiger partial charge in [-0.2, -0.15) is 0 Å². The third kappa shape index (κ3) is 3.79. The van der Waals surface area contributed by atoms with Gasteiger partial charge in [-0.15, -0.1) is 11.6 Å². The van der Waals surface area contributed by atoms with E-state index in [0.29, 0.717) is 3.57 Å². The van der Waals surface area contributed by atoms with Crippen LogP contribution in [0.4, 0.5) is 5.69 Å². The van der Waals surface area contributed by atoms with E-state index in [1.807, 2.05) is 22.6 Å². The maximum atomic E-state index is 12.1. The van der Waals surface area contributed by atoms with Crippen molar-refractivity contribution in [1.29, 1.82) is 0 Å². The molecule has 1 aromatic carbocycles. The molecule has 8 heteroatoms. The molecule has 1 aromatic rings. The summed E-state index contributed by atoms with van der Waals surface area (Å²) in [6, 6.07) is 4.06. The maximum Gasteiger partial charge on any atom is 0.289 e. The van der Waals surface area contributed by atoms with Crippen molar-refractivity contribution in [3.63, 3.8) is 0 Å². The van der Waals surface area contributed by atoms with Gasteiger partial charge in [0.15, 0.2) is 9.84 Å². The highest BCUT2D eigenvalue weighted by Crippen LogP contribution is 2.27. The van der Waals surface area contributed by atoms with Crippen LogP contribution in [-0.4, -0.2) is 25.0 Å². The third-order valence-corrected chi connectivity index (χ3v) is 5.44. The van der Waals surface area contributed by atoms with Gasteiger partial charge >= 0.3 is 0 Å². The zero-order chi connectivity index (χ0) is 13.9. The molecule has 0 amide bonds. The van der Waals surface area contributed by atoms with Crippen LogP contribution in [0.3, 0.4) is 0 Å². The molecule has 0 aliphatic carbocycles. The van der Waals surface area contributed by atoms with Crippen molar-refractivity contribution in [2.75, 3.05) is 11.6 Å². The molecule has 18 heavy (non-hydrogen) atoms. The van der Waals surface area contributed by atoms with E-state index in [-0.39, 0.29) is 28.1 Å². The fourth-order valence-electron chi connectivity index (χ4n) is 1.41. The number of sulfone groups is 1. The molecule has 0 bridgehead atoms. The second-order valence-electron chi connectivity index (χ2n) is 3.91. The molecular weight excluding hydrogens is 393 g/mol. The van der Waals surface area contributed by atoms with Gasteiger partial charge in [-0.1, -0.05) is 6.92 Å². The molecular formula is C10H11ClINO4S. The quantitative estimate of drug-likeness (QED) is 0.328. The summed E-state index contributed by atoms with van der Waals surface area (Å²) in [6.45, 7) is 1.68. The minimum atomic E-state index is -3.69. The predicted molar refractivity (Wildman–Crippen MR) is 77.8 cm³/mol. The molecule has 0 N–H and O–H groups in total. The van der Waals surface area contributed by atoms with Crippen molar-refractivity contribution in [3.05, 3.63) is 31.9 Å². The summed E-state index contributed by atoms with van der Waals surface area (Å²) in [7, 11) is -3.69. The van der Waals surface area contributed by atoms with Crippen molar-refractivity contribution >= 4 is 49.7 Å². The molecule has 0 aromatic heterocycles. The zero-order valence-corrected chi connectivity index (χ0v) is 13.2. The Morgan fingerprint density at radius 3 is 2.61 bits per heavy atom. The molecule has 0 saturated heterocycles. The van der Waals surface area contributed by atoms with Crippen molar-refractivity contribution in [2.24, 2.45) is 5.92 Å². The normalized spacial score (nSPS) is 13.3. The van der Waals surface area contributed by atoms with E-state index in [1.165, 1.54) is 18.2 Å². The summed E-state index contributed by atoms with van der Waals surface area (Å²) in [4.78, 5) is 9.96. The fourth-order valence-corrected chi connectivity index (χ4v) is 3.89. The summed E-state index contributed by atoms with van der Waals surface area (Å²) in [5, 5.41) is 10.9. The zero-order valence-electron chi connectivity index (χ0n) is 9.47. The second kappa shape index (κ2) is 6.16. The molecule has 1 atom stereocenters. The van der Waals surface area contributed by atoms with Gasteiger partial charge in [-0.25, -0.2) is 8.42 Å². The van der Waals surface area contributed by atoms with E-state index < -0.39 is 14.8 Å². The highest BCUT2D eigenvalue weighted by atomic mass is 127. The monoisotopic (exact) mass is 403 g/mol. The number of benzene rings is 1. The van der Waals surface area contributed by atoms with E-state index >= 15 is 0 Å². The van der Waals surface area contributed by atoms with Crippen molar-refractivity contribution < 1.29 is 13.3 Å². The summed E-state index contributed by atoms with van der Waals surface area (Å²) in [6.07, 6.45) is 0. The first kappa shape index (κ1) is 15.6. The number of nitro benzene ring substituents is 1. The minimum Gasteiger partial charge on any atom is -0.258 e. The molecule has 1 rings (SSSR count). The van der Waals surface area contributed by atoms with Crippen molar-refractivity contribution in [3.8, 4) is 0 Å². The number of hydrogen-bond donors (Lipinski definition) is 0. The van der Waals surface area contributed by atoms with Crippen molar-refractivity contribution in [1.82, 2.24) is 0 Å². The smallest absolute Gasteiger partial charge is 0.258 e. The van der Waals surface area contributed by atoms with Crippen LogP contribution < -0.4 is 0 Å². The highest BCUT2D eigenvalue weighted by Gasteiger charge is 2.27. The number of nitro groups is 1. The van der Waals surface area contributed by atoms with Gasteiger partial charge in [-0.05, 0) is 40.6 Å². The van der Waals surface area contributed by atoms with Gasteiger partial charge in [0, 0.05) is 15.5 Å². The van der Waals surface area contributed by atoms with Crippen LogP contribution in [0.2, 0.25) is 0 Å². The molecule has 0 aliphatic rings. The molecule has 0 saturated carbocycles. The third-order valence-electron chi connectivity index (χ3n) is 2.22. The number of hydrogen-bond acceptors (Lipinski definition) is 4. The van der Waals surface area contributed by atoms with E-state index in [2.05, 4.69) is 0 Å². The summed E-state index contributed by atoms with van der Waals surface area (Å²) in [5.74, 6) is -0.259. The van der Waals surface area contributed by atoms with Crippen LogP contribution in [-0.2, 0) is 9.84 Å². The number of nitrogens with zero attached hydrogens (tertiary/aromatic N) is 1. The van der Waals surface area contributed by atoms with Gasteiger partial charge in [0.05, 0.1) is 10.7 Å². The Morgan fingerprint density at radius 2 is 2.11 bits per heavy atom. The summed E-state index contributed by atoms with van der Waals surface area (Å²) >= 11 is 7.47. The largest absolute Gasteiger partial charge is 0.289 e. The number of rotatable bonds is 5. The first-order valence-corrected chi connectivity index (χ1v) is 8.27. The molecule has 5 nitrogen and oxygen atoms in total. The molecule has 0 aliphatic heterocycles. The number of halogens is 2. The van der Waals surface area contributed by atoms with Gasteiger partial charge in [0.25, 0.3) is 5.69 Å². The van der Waals surface area contributed by atoms with Gasteiger partial charge in [-0.3, -0.25) is 10.1 Å². The molecule has 100 valence electrons. The molecule has 1 unspecified atom stereocenters. The molecule has 0 radical (unpaired) electrons. The van der Waals surface area contributed by atoms with Gasteiger partial charge < -0.3 is 0 Å². The van der Waals surface area contributed by atoms with Crippen LogP contribution in [0.5, 0.6) is 0 Å². The first-order chi connectivity index (χ1) is 8.27. The van der Waals surface area contributed by atoms with Crippen LogP contribution in [0.15, 0.2) is 23.1 Å². The topological polar surface area (TPSA) is 77.3 Å². The lowest BCUT2D eigenvalue weighted by Crippen LogP contribution is -2.16. The Kier molecular flexibility index (Phi) is 5.35. The molecule has 0 fully saturated rings. The standard InChI is InChI=1S/C10H11ClINO4S/c1-7(5-11)6-18(16,17)10-3-2-8(12)4-9(10)13(14)15/h2-4,7H,5-6H2,1H3. The lowest BCUT2D eigenvalue weighted by molar-refractivity contribution is -0.387. The number of alkyl halides is 1. The lowest BCUT2D eigenvalue weighted by atomic mass is 10.3. The summed E-state index contributed by atoms with van der Waals surface area (Å²) in [5.41, 5.74) is -0.385. The summed E-state index contributed by atoms with van der Waals surface area (Å²) < 4.78 is 24.8. The van der Waals surface area contributed by atoms with E-state index in [9.17, 15) is 18.5 Å². The Labute approximate surface area is 124 Å². The fraction of sp³-hybridized carbons (Fsp3) is 0.400. The maximum absolute atomic E-state index is 12.1. The molecule has 0 heterocycles. The SMILES string of the molecule is CC(CCl)CS(=O)(=O)c1ccc(I)cc1[N+](=O)[O-]. The van der Waals surface area contributed by atoms with Gasteiger partial charge in [0.1, 0.15) is 4.90 Å².